The molecule has 130 valence electrons. The van der Waals surface area contributed by atoms with Crippen molar-refractivity contribution in [2.24, 2.45) is 23.2 Å². The molecular formula is C21H34O2. The highest BCUT2D eigenvalue weighted by atomic mass is 17.1. The van der Waals surface area contributed by atoms with Crippen LogP contribution in [-0.4, -0.2) is 11.4 Å². The average molecular weight is 319 g/mol. The van der Waals surface area contributed by atoms with Crippen molar-refractivity contribution in [3.63, 3.8) is 0 Å². The maximum Gasteiger partial charge on any atom is 0.101 e. The molecule has 1 aromatic rings. The fourth-order valence-corrected chi connectivity index (χ4v) is 4.47. The van der Waals surface area contributed by atoms with Crippen molar-refractivity contribution >= 4 is 0 Å². The fraction of sp³-hybridized carbons (Fsp3) is 0.714. The smallest absolute Gasteiger partial charge is 0.101 e. The van der Waals surface area contributed by atoms with Crippen LogP contribution in [0.5, 0.6) is 0 Å². The third-order valence-electron chi connectivity index (χ3n) is 6.51. The Labute approximate surface area is 142 Å². The van der Waals surface area contributed by atoms with E-state index in [1.165, 1.54) is 31.2 Å². The lowest BCUT2D eigenvalue weighted by Crippen LogP contribution is -2.44. The Balaban J connectivity index is 2.13. The van der Waals surface area contributed by atoms with Gasteiger partial charge in [0.05, 0.1) is 0 Å². The van der Waals surface area contributed by atoms with E-state index in [-0.39, 0.29) is 17.4 Å². The van der Waals surface area contributed by atoms with Crippen LogP contribution in [0.2, 0.25) is 0 Å². The third-order valence-corrected chi connectivity index (χ3v) is 6.51. The molecular weight excluding hydrogens is 284 g/mol. The van der Waals surface area contributed by atoms with Crippen LogP contribution in [0.25, 0.3) is 0 Å². The molecule has 2 nitrogen and oxygen atoms in total. The van der Waals surface area contributed by atoms with Crippen molar-refractivity contribution in [2.75, 3.05) is 0 Å². The second-order valence-corrected chi connectivity index (χ2v) is 8.36. The first-order valence-electron chi connectivity index (χ1n) is 9.23. The Morgan fingerprint density at radius 2 is 1.61 bits per heavy atom. The van der Waals surface area contributed by atoms with Crippen molar-refractivity contribution in [3.05, 3.63) is 35.9 Å². The van der Waals surface area contributed by atoms with Crippen LogP contribution in [0.1, 0.15) is 71.8 Å². The van der Waals surface area contributed by atoms with Gasteiger partial charge in [-0.15, -0.1) is 0 Å². The summed E-state index contributed by atoms with van der Waals surface area (Å²) >= 11 is 0. The van der Waals surface area contributed by atoms with E-state index < -0.39 is 0 Å². The topological polar surface area (TPSA) is 29.5 Å². The molecule has 23 heavy (non-hydrogen) atoms. The number of benzene rings is 1. The minimum atomic E-state index is -0.142. The maximum absolute atomic E-state index is 9.71. The summed E-state index contributed by atoms with van der Waals surface area (Å²) < 4.78 is 0. The first-order chi connectivity index (χ1) is 10.9. The van der Waals surface area contributed by atoms with Crippen LogP contribution in [0.15, 0.2) is 30.3 Å². The molecule has 3 unspecified atom stereocenters. The van der Waals surface area contributed by atoms with Crippen LogP contribution in [0, 0.1) is 23.2 Å². The Bertz CT molecular complexity index is 460. The van der Waals surface area contributed by atoms with Gasteiger partial charge in [-0.3, -0.25) is 5.26 Å². The zero-order valence-electron chi connectivity index (χ0n) is 15.5. The van der Waals surface area contributed by atoms with Crippen molar-refractivity contribution < 1.29 is 10.1 Å². The lowest BCUT2D eigenvalue weighted by Gasteiger charge is -2.45. The molecule has 0 radical (unpaired) electrons. The highest BCUT2D eigenvalue weighted by molar-refractivity contribution is 5.20. The Morgan fingerprint density at radius 3 is 2.13 bits per heavy atom. The second-order valence-electron chi connectivity index (χ2n) is 8.36. The van der Waals surface area contributed by atoms with E-state index >= 15 is 0 Å². The van der Waals surface area contributed by atoms with Gasteiger partial charge in [-0.25, -0.2) is 4.89 Å². The van der Waals surface area contributed by atoms with Gasteiger partial charge >= 0.3 is 0 Å². The summed E-state index contributed by atoms with van der Waals surface area (Å²) in [6, 6.07) is 10.6. The largest absolute Gasteiger partial charge is 0.252 e. The minimum absolute atomic E-state index is 0.0165. The number of hydrogen-bond donors (Lipinski definition) is 1. The molecule has 0 bridgehead atoms. The summed E-state index contributed by atoms with van der Waals surface area (Å²) in [6.07, 6.45) is 4.96. The Hall–Kier alpha value is -0.860. The normalized spacial score (nSPS) is 26.5. The standard InChI is InChI=1S/C21H34O2/c1-15-11-13-19(14-12-15)21(4,5)20(23-22)17(3)16(2)18-9-7-6-8-10-18/h6-10,15-17,19-20,22H,11-14H2,1-5H3. The van der Waals surface area contributed by atoms with E-state index in [4.69, 9.17) is 4.89 Å². The van der Waals surface area contributed by atoms with Crippen LogP contribution < -0.4 is 0 Å². The van der Waals surface area contributed by atoms with E-state index in [1.807, 2.05) is 6.07 Å². The highest BCUT2D eigenvalue weighted by Crippen LogP contribution is 2.46. The molecule has 1 saturated carbocycles. The van der Waals surface area contributed by atoms with Crippen LogP contribution in [0.3, 0.4) is 0 Å². The molecule has 1 fully saturated rings. The predicted octanol–water partition coefficient (Wildman–Crippen LogP) is 6.14. The molecule has 3 atom stereocenters. The summed E-state index contributed by atoms with van der Waals surface area (Å²) in [5, 5.41) is 9.71. The molecule has 0 aromatic heterocycles. The summed E-state index contributed by atoms with van der Waals surface area (Å²) in [5.74, 6) is 2.09. The van der Waals surface area contributed by atoms with E-state index in [1.54, 1.807) is 0 Å². The Morgan fingerprint density at radius 1 is 1.04 bits per heavy atom. The third kappa shape index (κ3) is 4.16. The molecule has 1 N–H and O–H groups in total. The van der Waals surface area contributed by atoms with Gasteiger partial charge < -0.3 is 0 Å². The van der Waals surface area contributed by atoms with E-state index in [0.717, 1.165) is 5.92 Å². The second kappa shape index (κ2) is 7.81. The quantitative estimate of drug-likeness (QED) is 0.504. The zero-order valence-corrected chi connectivity index (χ0v) is 15.5. The lowest BCUT2D eigenvalue weighted by atomic mass is 9.63. The van der Waals surface area contributed by atoms with Gasteiger partial charge in [0, 0.05) is 0 Å². The molecule has 2 heteroatoms. The van der Waals surface area contributed by atoms with Gasteiger partial charge in [0.2, 0.25) is 0 Å². The van der Waals surface area contributed by atoms with E-state index in [9.17, 15) is 5.26 Å². The molecule has 0 spiro atoms. The summed E-state index contributed by atoms with van der Waals surface area (Å²) in [4.78, 5) is 5.10. The van der Waals surface area contributed by atoms with Gasteiger partial charge in [-0.2, -0.15) is 0 Å². The molecule has 1 aliphatic rings. The first kappa shape index (κ1) is 18.5. The van der Waals surface area contributed by atoms with Gasteiger partial charge in [-0.05, 0) is 47.5 Å². The minimum Gasteiger partial charge on any atom is -0.252 e. The van der Waals surface area contributed by atoms with Crippen molar-refractivity contribution in [1.29, 1.82) is 0 Å². The summed E-state index contributed by atoms with van der Waals surface area (Å²) in [6.45, 7) is 11.4. The van der Waals surface area contributed by atoms with Crippen molar-refractivity contribution in [2.45, 2.75) is 72.3 Å². The molecule has 0 saturated heterocycles. The molecule has 0 aliphatic heterocycles. The zero-order chi connectivity index (χ0) is 17.0. The van der Waals surface area contributed by atoms with Crippen LogP contribution >= 0.6 is 0 Å². The molecule has 1 aromatic carbocycles. The predicted molar refractivity (Wildman–Crippen MR) is 96.4 cm³/mol. The highest BCUT2D eigenvalue weighted by Gasteiger charge is 2.43. The van der Waals surface area contributed by atoms with E-state index in [0.29, 0.717) is 11.8 Å². The number of hydrogen-bond acceptors (Lipinski definition) is 2. The first-order valence-corrected chi connectivity index (χ1v) is 9.23. The number of rotatable bonds is 6. The summed E-state index contributed by atoms with van der Waals surface area (Å²) in [7, 11) is 0. The molecule has 1 aliphatic carbocycles. The van der Waals surface area contributed by atoms with Crippen molar-refractivity contribution in [3.8, 4) is 0 Å². The van der Waals surface area contributed by atoms with E-state index in [2.05, 4.69) is 58.9 Å². The van der Waals surface area contributed by atoms with Crippen LogP contribution in [0.4, 0.5) is 0 Å². The summed E-state index contributed by atoms with van der Waals surface area (Å²) in [5.41, 5.74) is 1.30. The van der Waals surface area contributed by atoms with Crippen LogP contribution in [-0.2, 0) is 4.89 Å². The van der Waals surface area contributed by atoms with Gasteiger partial charge in [-0.1, -0.05) is 77.8 Å². The molecule has 0 amide bonds. The average Bonchev–Trinajstić information content (AvgIpc) is 2.55. The van der Waals surface area contributed by atoms with Crippen molar-refractivity contribution in [1.82, 2.24) is 0 Å². The Kier molecular flexibility index (Phi) is 6.27. The molecule has 2 rings (SSSR count). The lowest BCUT2D eigenvalue weighted by molar-refractivity contribution is -0.320. The van der Waals surface area contributed by atoms with Gasteiger partial charge in [0.1, 0.15) is 6.10 Å². The van der Waals surface area contributed by atoms with Gasteiger partial charge in [0.15, 0.2) is 0 Å². The monoisotopic (exact) mass is 318 g/mol. The molecule has 0 heterocycles. The SMILES string of the molecule is CC1CCC(C(C)(C)C(OO)C(C)C(C)c2ccccc2)CC1. The maximum atomic E-state index is 9.71. The fourth-order valence-electron chi connectivity index (χ4n) is 4.47. The van der Waals surface area contributed by atoms with Gasteiger partial charge in [0.25, 0.3) is 0 Å².